The van der Waals surface area contributed by atoms with E-state index in [0.29, 0.717) is 6.54 Å². The number of hydrogen-bond acceptors (Lipinski definition) is 2. The van der Waals surface area contributed by atoms with Gasteiger partial charge in [0.05, 0.1) is 0 Å². The molecule has 0 bridgehead atoms. The Morgan fingerprint density at radius 2 is 2.18 bits per heavy atom. The number of nitrogens with zero attached hydrogens (tertiary/aromatic N) is 3. The van der Waals surface area contributed by atoms with Crippen LogP contribution in [0.1, 0.15) is 12.5 Å². The quantitative estimate of drug-likeness (QED) is 0.471. The van der Waals surface area contributed by atoms with Crippen molar-refractivity contribution in [3.05, 3.63) is 51.9 Å². The summed E-state index contributed by atoms with van der Waals surface area (Å²) in [5.41, 5.74) is 10.2. The van der Waals surface area contributed by atoms with Crippen molar-refractivity contribution in [2.45, 2.75) is 6.92 Å². The Morgan fingerprint density at radius 3 is 2.82 bits per heavy atom. The second-order valence-electron chi connectivity index (χ2n) is 3.57. The summed E-state index contributed by atoms with van der Waals surface area (Å²) in [6.07, 6.45) is 1.99. The lowest BCUT2D eigenvalue weighted by Gasteiger charge is -2.03. The standard InChI is InChI=1S/C12H14N4O/c1-10(7-11-5-3-2-4-6-11)8-14-12(17)9-15-16-13/h2-7H,8-9H2,1H3,(H,14,17). The van der Waals surface area contributed by atoms with Gasteiger partial charge in [0.2, 0.25) is 5.91 Å². The highest BCUT2D eigenvalue weighted by molar-refractivity contribution is 5.78. The van der Waals surface area contributed by atoms with E-state index in [2.05, 4.69) is 15.3 Å². The Kier molecular flexibility index (Phi) is 5.34. The van der Waals surface area contributed by atoms with Crippen molar-refractivity contribution in [1.82, 2.24) is 5.32 Å². The van der Waals surface area contributed by atoms with Gasteiger partial charge in [0, 0.05) is 11.5 Å². The lowest BCUT2D eigenvalue weighted by Crippen LogP contribution is -2.26. The van der Waals surface area contributed by atoms with Crippen LogP contribution in [0.15, 0.2) is 41.0 Å². The highest BCUT2D eigenvalue weighted by atomic mass is 16.1. The Hall–Kier alpha value is -2.26. The molecule has 0 saturated heterocycles. The van der Waals surface area contributed by atoms with Crippen LogP contribution in [0.5, 0.6) is 0 Å². The van der Waals surface area contributed by atoms with Crippen LogP contribution in [0.2, 0.25) is 0 Å². The van der Waals surface area contributed by atoms with E-state index in [9.17, 15) is 4.79 Å². The molecule has 1 aromatic rings. The number of azide groups is 1. The zero-order chi connectivity index (χ0) is 12.5. The molecule has 0 spiro atoms. The molecule has 0 aliphatic heterocycles. The van der Waals surface area contributed by atoms with Gasteiger partial charge >= 0.3 is 0 Å². The molecule has 0 saturated carbocycles. The highest BCUT2D eigenvalue weighted by Crippen LogP contribution is 2.04. The maximum Gasteiger partial charge on any atom is 0.226 e. The maximum atomic E-state index is 11.2. The molecule has 0 radical (unpaired) electrons. The van der Waals surface area contributed by atoms with Gasteiger partial charge in [-0.3, -0.25) is 4.79 Å². The summed E-state index contributed by atoms with van der Waals surface area (Å²) in [6.45, 7) is 2.23. The van der Waals surface area contributed by atoms with E-state index in [1.54, 1.807) is 0 Å². The van der Waals surface area contributed by atoms with Crippen LogP contribution in [0.4, 0.5) is 0 Å². The molecule has 1 N–H and O–H groups in total. The van der Waals surface area contributed by atoms with Gasteiger partial charge in [0.1, 0.15) is 6.54 Å². The van der Waals surface area contributed by atoms with Crippen LogP contribution >= 0.6 is 0 Å². The SMILES string of the molecule is CC(=Cc1ccccc1)CNC(=O)CN=[N+]=[N-]. The Bertz CT molecular complexity index is 447. The fourth-order valence-corrected chi connectivity index (χ4v) is 1.27. The summed E-state index contributed by atoms with van der Waals surface area (Å²) in [5.74, 6) is -0.274. The summed E-state index contributed by atoms with van der Waals surface area (Å²) >= 11 is 0. The third kappa shape index (κ3) is 5.39. The summed E-state index contributed by atoms with van der Waals surface area (Å²) in [5, 5.41) is 5.85. The third-order valence-corrected chi connectivity index (χ3v) is 2.05. The third-order valence-electron chi connectivity index (χ3n) is 2.05. The molecule has 1 rings (SSSR count). The number of carbonyl (C=O) groups excluding carboxylic acids is 1. The van der Waals surface area contributed by atoms with Crippen LogP contribution in [0, 0.1) is 0 Å². The van der Waals surface area contributed by atoms with E-state index in [-0.39, 0.29) is 12.5 Å². The minimum atomic E-state index is -0.274. The molecule has 5 nitrogen and oxygen atoms in total. The first-order valence-corrected chi connectivity index (χ1v) is 5.22. The van der Waals surface area contributed by atoms with Crippen LogP contribution < -0.4 is 5.32 Å². The van der Waals surface area contributed by atoms with Crippen molar-refractivity contribution in [2.75, 3.05) is 13.1 Å². The second-order valence-corrected chi connectivity index (χ2v) is 3.57. The van der Waals surface area contributed by atoms with Gasteiger partial charge < -0.3 is 5.32 Å². The van der Waals surface area contributed by atoms with Gasteiger partial charge in [-0.15, -0.1) is 0 Å². The molecule has 88 valence electrons. The largest absolute Gasteiger partial charge is 0.352 e. The number of carbonyl (C=O) groups is 1. The predicted octanol–water partition coefficient (Wildman–Crippen LogP) is 2.52. The zero-order valence-electron chi connectivity index (χ0n) is 9.63. The van der Waals surface area contributed by atoms with E-state index >= 15 is 0 Å². The number of amides is 1. The van der Waals surface area contributed by atoms with Crippen molar-refractivity contribution >= 4 is 12.0 Å². The van der Waals surface area contributed by atoms with E-state index in [4.69, 9.17) is 5.53 Å². The molecule has 0 atom stereocenters. The number of rotatable bonds is 5. The summed E-state index contributed by atoms with van der Waals surface area (Å²) in [6, 6.07) is 9.85. The number of benzene rings is 1. The Morgan fingerprint density at radius 1 is 1.47 bits per heavy atom. The monoisotopic (exact) mass is 230 g/mol. The molecule has 0 heterocycles. The lowest BCUT2D eigenvalue weighted by molar-refractivity contribution is -0.119. The summed E-state index contributed by atoms with van der Waals surface area (Å²) < 4.78 is 0. The van der Waals surface area contributed by atoms with E-state index < -0.39 is 0 Å². The van der Waals surface area contributed by atoms with Gasteiger partial charge in [-0.1, -0.05) is 47.1 Å². The van der Waals surface area contributed by atoms with Gasteiger partial charge in [-0.05, 0) is 18.0 Å². The molecule has 0 aromatic heterocycles. The van der Waals surface area contributed by atoms with Gasteiger partial charge in [-0.25, -0.2) is 0 Å². The second kappa shape index (κ2) is 7.09. The van der Waals surface area contributed by atoms with Crippen LogP contribution in [0.3, 0.4) is 0 Å². The van der Waals surface area contributed by atoms with Gasteiger partial charge in [0.15, 0.2) is 0 Å². The normalized spacial score (nSPS) is 10.5. The van der Waals surface area contributed by atoms with Crippen molar-refractivity contribution in [3.63, 3.8) is 0 Å². The number of nitrogens with one attached hydrogen (secondary N) is 1. The van der Waals surface area contributed by atoms with Gasteiger partial charge in [0.25, 0.3) is 0 Å². The van der Waals surface area contributed by atoms with Crippen molar-refractivity contribution in [1.29, 1.82) is 0 Å². The zero-order valence-corrected chi connectivity index (χ0v) is 9.63. The molecule has 1 amide bonds. The first-order valence-electron chi connectivity index (χ1n) is 5.22. The smallest absolute Gasteiger partial charge is 0.226 e. The Balaban J connectivity index is 2.44. The van der Waals surface area contributed by atoms with Crippen LogP contribution in [-0.2, 0) is 4.79 Å². The molecule has 5 heteroatoms. The lowest BCUT2D eigenvalue weighted by atomic mass is 10.1. The molecule has 0 aliphatic rings. The molecular formula is C12H14N4O. The van der Waals surface area contributed by atoms with Crippen LogP contribution in [0.25, 0.3) is 16.5 Å². The predicted molar refractivity (Wildman–Crippen MR) is 67.1 cm³/mol. The topological polar surface area (TPSA) is 77.9 Å². The first-order chi connectivity index (χ1) is 8.22. The highest BCUT2D eigenvalue weighted by Gasteiger charge is 1.98. The molecule has 17 heavy (non-hydrogen) atoms. The molecular weight excluding hydrogens is 216 g/mol. The minimum absolute atomic E-state index is 0.158. The summed E-state index contributed by atoms with van der Waals surface area (Å²) in [7, 11) is 0. The summed E-state index contributed by atoms with van der Waals surface area (Å²) in [4.78, 5) is 13.7. The van der Waals surface area contributed by atoms with Crippen LogP contribution in [-0.4, -0.2) is 19.0 Å². The van der Waals surface area contributed by atoms with E-state index in [0.717, 1.165) is 11.1 Å². The average Bonchev–Trinajstić information content (AvgIpc) is 2.35. The average molecular weight is 230 g/mol. The molecule has 1 aromatic carbocycles. The molecule has 0 unspecified atom stereocenters. The van der Waals surface area contributed by atoms with E-state index in [1.165, 1.54) is 0 Å². The van der Waals surface area contributed by atoms with Gasteiger partial charge in [-0.2, -0.15) is 0 Å². The first kappa shape index (κ1) is 12.8. The van der Waals surface area contributed by atoms with Crippen molar-refractivity contribution in [2.24, 2.45) is 5.11 Å². The van der Waals surface area contributed by atoms with Crippen molar-refractivity contribution in [3.8, 4) is 0 Å². The minimum Gasteiger partial charge on any atom is -0.352 e. The Labute approximate surface area is 99.8 Å². The molecule has 0 fully saturated rings. The molecule has 0 aliphatic carbocycles. The fourth-order valence-electron chi connectivity index (χ4n) is 1.27. The fraction of sp³-hybridized carbons (Fsp3) is 0.250. The van der Waals surface area contributed by atoms with Crippen molar-refractivity contribution < 1.29 is 4.79 Å². The number of hydrogen-bond donors (Lipinski definition) is 1. The maximum absolute atomic E-state index is 11.2. The van der Waals surface area contributed by atoms with E-state index in [1.807, 2.05) is 43.3 Å².